The van der Waals surface area contributed by atoms with Crippen molar-refractivity contribution in [2.24, 2.45) is 0 Å². The van der Waals surface area contributed by atoms with Crippen LogP contribution in [-0.4, -0.2) is 37.2 Å². The number of unbranched alkanes of at least 4 members (excludes halogenated alkanes) is 28. The summed E-state index contributed by atoms with van der Waals surface area (Å²) < 4.78 is 16.8. The van der Waals surface area contributed by atoms with Gasteiger partial charge in [0.05, 0.1) is 0 Å². The van der Waals surface area contributed by atoms with Gasteiger partial charge in [-0.25, -0.2) is 0 Å². The minimum absolute atomic E-state index is 0.0936. The van der Waals surface area contributed by atoms with Crippen LogP contribution in [0.3, 0.4) is 0 Å². The highest BCUT2D eigenvalue weighted by molar-refractivity contribution is 5.71. The molecule has 0 aliphatic heterocycles. The van der Waals surface area contributed by atoms with Gasteiger partial charge < -0.3 is 14.2 Å². The quantitative estimate of drug-likeness (QED) is 0.0199. The van der Waals surface area contributed by atoms with Crippen molar-refractivity contribution in [2.75, 3.05) is 13.2 Å². The summed E-state index contributed by atoms with van der Waals surface area (Å²) in [7, 11) is 0. The number of ether oxygens (including phenoxy) is 3. The smallest absolute Gasteiger partial charge is 0.306 e. The van der Waals surface area contributed by atoms with E-state index in [2.05, 4.69) is 45.1 Å². The van der Waals surface area contributed by atoms with Crippen LogP contribution in [0.5, 0.6) is 0 Å². The molecule has 0 fully saturated rings. The van der Waals surface area contributed by atoms with E-state index < -0.39 is 6.10 Å². The number of carbonyl (C=O) groups excluding carboxylic acids is 3. The lowest BCUT2D eigenvalue weighted by Crippen LogP contribution is -2.30. The Hall–Kier alpha value is -3.15. The average Bonchev–Trinajstić information content (AvgIpc) is 3.28. The molecule has 0 aromatic rings. The van der Waals surface area contributed by atoms with E-state index in [0.717, 1.165) is 70.6 Å². The van der Waals surface area contributed by atoms with Crippen LogP contribution in [0.2, 0.25) is 0 Å². The summed E-state index contributed by atoms with van der Waals surface area (Å²) in [5, 5.41) is 0. The van der Waals surface area contributed by atoms with Gasteiger partial charge in [0, 0.05) is 19.3 Å². The molecule has 0 amide bonds. The van der Waals surface area contributed by atoms with E-state index in [4.69, 9.17) is 14.2 Å². The zero-order valence-corrected chi connectivity index (χ0v) is 41.3. The first kappa shape index (κ1) is 59.9. The summed E-state index contributed by atoms with van der Waals surface area (Å²) in [5.74, 6) is -0.939. The number of carbonyl (C=O) groups is 3. The second-order valence-corrected chi connectivity index (χ2v) is 17.5. The molecule has 6 nitrogen and oxygen atoms in total. The molecule has 0 aliphatic carbocycles. The molecule has 0 spiro atoms. The molecular formula is C57H98O6. The molecule has 0 saturated carbocycles. The first-order chi connectivity index (χ1) is 31.0. The van der Waals surface area contributed by atoms with Crippen LogP contribution < -0.4 is 0 Å². The molecule has 0 aromatic heterocycles. The molecule has 0 bridgehead atoms. The van der Waals surface area contributed by atoms with Crippen molar-refractivity contribution in [1.29, 1.82) is 0 Å². The van der Waals surface area contributed by atoms with E-state index in [1.165, 1.54) is 135 Å². The number of rotatable bonds is 47. The zero-order valence-electron chi connectivity index (χ0n) is 41.3. The summed E-state index contributed by atoms with van der Waals surface area (Å²) in [6.07, 6.45) is 64.5. The van der Waals surface area contributed by atoms with E-state index >= 15 is 0 Å². The highest BCUT2D eigenvalue weighted by Gasteiger charge is 2.19. The van der Waals surface area contributed by atoms with Gasteiger partial charge in [-0.2, -0.15) is 0 Å². The third-order valence-electron chi connectivity index (χ3n) is 11.3. The van der Waals surface area contributed by atoms with Gasteiger partial charge in [0.15, 0.2) is 6.10 Å². The zero-order chi connectivity index (χ0) is 45.8. The highest BCUT2D eigenvalue weighted by atomic mass is 16.6. The second-order valence-electron chi connectivity index (χ2n) is 17.5. The predicted octanol–water partition coefficient (Wildman–Crippen LogP) is 17.4. The number of esters is 3. The second kappa shape index (κ2) is 51.5. The van der Waals surface area contributed by atoms with Gasteiger partial charge in [-0.05, 0) is 64.2 Å². The van der Waals surface area contributed by atoms with Gasteiger partial charge in [-0.15, -0.1) is 0 Å². The van der Waals surface area contributed by atoms with E-state index in [0.29, 0.717) is 19.3 Å². The molecule has 0 rings (SSSR count). The molecule has 0 N–H and O–H groups in total. The maximum Gasteiger partial charge on any atom is 0.306 e. The minimum Gasteiger partial charge on any atom is -0.462 e. The standard InChI is InChI=1S/C57H98O6/c1-4-7-10-13-16-19-22-25-28-30-32-35-38-41-44-47-50-56(59)62-53-54(52-61-55(58)49-46-43-40-37-34-31-27-24-21-18-15-12-9-6-3)63-57(60)51-48-45-42-39-36-33-29-26-23-20-17-14-11-8-5-2/h8,11,14,17,20,23,26,28-30,33,36,54H,4-7,9-10,12-13,15-16,18-19,21-22,24-25,27,31-32,34-35,37-53H2,1-3H3/b11-8-,17-14-,23-20-,29-26-,30-28-,36-33-. The summed E-state index contributed by atoms with van der Waals surface area (Å²) in [6.45, 7) is 6.46. The van der Waals surface area contributed by atoms with Crippen LogP contribution >= 0.6 is 0 Å². The van der Waals surface area contributed by atoms with Crippen molar-refractivity contribution >= 4 is 17.9 Å². The van der Waals surface area contributed by atoms with Gasteiger partial charge in [-0.1, -0.05) is 241 Å². The van der Waals surface area contributed by atoms with Crippen LogP contribution in [0.1, 0.15) is 252 Å². The molecule has 1 unspecified atom stereocenters. The lowest BCUT2D eigenvalue weighted by atomic mass is 10.0. The Balaban J connectivity index is 4.46. The topological polar surface area (TPSA) is 78.9 Å². The molecule has 63 heavy (non-hydrogen) atoms. The minimum atomic E-state index is -0.798. The Morgan fingerprint density at radius 1 is 0.333 bits per heavy atom. The fourth-order valence-electron chi connectivity index (χ4n) is 7.34. The van der Waals surface area contributed by atoms with Crippen molar-refractivity contribution in [2.45, 2.75) is 258 Å². The molecule has 6 heteroatoms. The average molecular weight is 879 g/mol. The summed E-state index contributed by atoms with van der Waals surface area (Å²) >= 11 is 0. The molecule has 0 saturated heterocycles. The van der Waals surface area contributed by atoms with Crippen molar-refractivity contribution in [3.63, 3.8) is 0 Å². The Morgan fingerprint density at radius 3 is 1.03 bits per heavy atom. The number of allylic oxidation sites excluding steroid dienone is 12. The van der Waals surface area contributed by atoms with Crippen LogP contribution in [0.4, 0.5) is 0 Å². The van der Waals surface area contributed by atoms with Crippen molar-refractivity contribution in [3.05, 3.63) is 72.9 Å². The summed E-state index contributed by atoms with van der Waals surface area (Å²) in [6, 6.07) is 0. The summed E-state index contributed by atoms with van der Waals surface area (Å²) in [5.41, 5.74) is 0. The third kappa shape index (κ3) is 49.7. The lowest BCUT2D eigenvalue weighted by molar-refractivity contribution is -0.167. The van der Waals surface area contributed by atoms with E-state index in [1.54, 1.807) is 0 Å². The van der Waals surface area contributed by atoms with E-state index in [-0.39, 0.29) is 37.5 Å². The van der Waals surface area contributed by atoms with Crippen molar-refractivity contribution in [3.8, 4) is 0 Å². The van der Waals surface area contributed by atoms with Gasteiger partial charge in [0.25, 0.3) is 0 Å². The fourth-order valence-corrected chi connectivity index (χ4v) is 7.34. The van der Waals surface area contributed by atoms with Crippen LogP contribution in [0.15, 0.2) is 72.9 Å². The first-order valence-electron chi connectivity index (χ1n) is 26.5. The van der Waals surface area contributed by atoms with Gasteiger partial charge >= 0.3 is 17.9 Å². The molecule has 1 atom stereocenters. The largest absolute Gasteiger partial charge is 0.462 e. The third-order valence-corrected chi connectivity index (χ3v) is 11.3. The molecule has 0 aromatic carbocycles. The molecule has 0 aliphatic rings. The predicted molar refractivity (Wildman–Crippen MR) is 270 cm³/mol. The molecule has 0 heterocycles. The Morgan fingerprint density at radius 2 is 0.635 bits per heavy atom. The monoisotopic (exact) mass is 879 g/mol. The Labute approximate surface area is 389 Å². The molecule has 362 valence electrons. The van der Waals surface area contributed by atoms with Gasteiger partial charge in [0.2, 0.25) is 0 Å². The van der Waals surface area contributed by atoms with Crippen LogP contribution in [0.25, 0.3) is 0 Å². The summed E-state index contributed by atoms with van der Waals surface area (Å²) in [4.78, 5) is 38.0. The van der Waals surface area contributed by atoms with Crippen molar-refractivity contribution < 1.29 is 28.6 Å². The Kier molecular flexibility index (Phi) is 48.9. The normalized spacial score (nSPS) is 12.6. The number of hydrogen-bond donors (Lipinski definition) is 0. The van der Waals surface area contributed by atoms with E-state index in [1.807, 2.05) is 48.6 Å². The van der Waals surface area contributed by atoms with Crippen LogP contribution in [0, 0.1) is 0 Å². The van der Waals surface area contributed by atoms with Crippen LogP contribution in [-0.2, 0) is 28.6 Å². The molecule has 0 radical (unpaired) electrons. The highest BCUT2D eigenvalue weighted by Crippen LogP contribution is 2.15. The molecular weight excluding hydrogens is 781 g/mol. The number of hydrogen-bond acceptors (Lipinski definition) is 6. The fraction of sp³-hybridized carbons (Fsp3) is 0.737. The van der Waals surface area contributed by atoms with Crippen molar-refractivity contribution in [1.82, 2.24) is 0 Å². The van der Waals surface area contributed by atoms with Gasteiger partial charge in [-0.3, -0.25) is 14.4 Å². The van der Waals surface area contributed by atoms with Gasteiger partial charge in [0.1, 0.15) is 13.2 Å². The maximum atomic E-state index is 12.8. The van der Waals surface area contributed by atoms with E-state index in [9.17, 15) is 14.4 Å². The SMILES string of the molecule is CC\C=C/C=C\C=C/C=C\C=C/CCCCCC(=O)OC(COC(=O)CCCCCCC/C=C\CCCCCCCCC)COC(=O)CCCCCCCCCCCCCCCC. The maximum absolute atomic E-state index is 12.8. The first-order valence-corrected chi connectivity index (χ1v) is 26.5. The Bertz CT molecular complexity index is 1190. The lowest BCUT2D eigenvalue weighted by Gasteiger charge is -2.18.